The van der Waals surface area contributed by atoms with Crippen LogP contribution in [-0.2, 0) is 9.59 Å². The SMILES string of the molecule is CCOc1ccc(Cl)c(/C(O)=C2\C(=O)C(=O)N(c3cccc(C)c3C)C2c2ccccc2OC)c1. The van der Waals surface area contributed by atoms with E-state index < -0.39 is 17.7 Å². The molecular weight excluding hydrogens is 466 g/mol. The third kappa shape index (κ3) is 4.26. The highest BCUT2D eigenvalue weighted by Gasteiger charge is 2.48. The molecule has 1 aliphatic rings. The van der Waals surface area contributed by atoms with E-state index in [-0.39, 0.29) is 21.9 Å². The fourth-order valence-electron chi connectivity index (χ4n) is 4.35. The molecule has 35 heavy (non-hydrogen) atoms. The van der Waals surface area contributed by atoms with E-state index in [1.165, 1.54) is 12.0 Å². The van der Waals surface area contributed by atoms with Gasteiger partial charge in [0.2, 0.25) is 0 Å². The van der Waals surface area contributed by atoms with Crippen LogP contribution in [0.2, 0.25) is 5.02 Å². The van der Waals surface area contributed by atoms with Crippen LogP contribution in [0.3, 0.4) is 0 Å². The molecule has 0 radical (unpaired) electrons. The second kappa shape index (κ2) is 9.84. The van der Waals surface area contributed by atoms with Crippen molar-refractivity contribution >= 4 is 34.7 Å². The minimum absolute atomic E-state index is 0.0732. The molecule has 1 aliphatic heterocycles. The van der Waals surface area contributed by atoms with Gasteiger partial charge in [-0.15, -0.1) is 0 Å². The molecule has 1 saturated heterocycles. The maximum Gasteiger partial charge on any atom is 0.300 e. The van der Waals surface area contributed by atoms with Gasteiger partial charge in [-0.3, -0.25) is 14.5 Å². The highest BCUT2D eigenvalue weighted by atomic mass is 35.5. The largest absolute Gasteiger partial charge is 0.507 e. The van der Waals surface area contributed by atoms with Gasteiger partial charge in [0.15, 0.2) is 0 Å². The number of aliphatic hydroxyl groups is 1. The number of rotatable bonds is 6. The minimum Gasteiger partial charge on any atom is -0.507 e. The van der Waals surface area contributed by atoms with Crippen LogP contribution in [-0.4, -0.2) is 30.5 Å². The number of anilines is 1. The minimum atomic E-state index is -0.932. The van der Waals surface area contributed by atoms with E-state index in [2.05, 4.69) is 0 Å². The van der Waals surface area contributed by atoms with Gasteiger partial charge in [0.1, 0.15) is 17.3 Å². The summed E-state index contributed by atoms with van der Waals surface area (Å²) in [7, 11) is 1.52. The van der Waals surface area contributed by atoms with Crippen LogP contribution in [0.5, 0.6) is 11.5 Å². The van der Waals surface area contributed by atoms with Gasteiger partial charge < -0.3 is 14.6 Å². The first-order valence-electron chi connectivity index (χ1n) is 11.2. The molecule has 1 fully saturated rings. The monoisotopic (exact) mass is 491 g/mol. The zero-order chi connectivity index (χ0) is 25.3. The Balaban J connectivity index is 2.03. The molecule has 1 heterocycles. The second-order valence-corrected chi connectivity index (χ2v) is 8.61. The number of carbonyl (C=O) groups is 2. The summed E-state index contributed by atoms with van der Waals surface area (Å²) < 4.78 is 11.1. The number of carbonyl (C=O) groups excluding carboxylic acids is 2. The topological polar surface area (TPSA) is 76.1 Å². The Morgan fingerprint density at radius 2 is 1.80 bits per heavy atom. The van der Waals surface area contributed by atoms with Gasteiger partial charge in [0, 0.05) is 16.8 Å². The number of aliphatic hydroxyl groups excluding tert-OH is 1. The van der Waals surface area contributed by atoms with Gasteiger partial charge in [0.25, 0.3) is 11.7 Å². The number of halogens is 1. The highest BCUT2D eigenvalue weighted by Crippen LogP contribution is 2.46. The Morgan fingerprint density at radius 3 is 2.51 bits per heavy atom. The van der Waals surface area contributed by atoms with Gasteiger partial charge in [0.05, 0.1) is 30.4 Å². The second-order valence-electron chi connectivity index (χ2n) is 8.20. The van der Waals surface area contributed by atoms with Gasteiger partial charge in [-0.1, -0.05) is 41.9 Å². The molecule has 1 atom stereocenters. The van der Waals surface area contributed by atoms with E-state index in [4.69, 9.17) is 21.1 Å². The molecule has 0 bridgehead atoms. The molecule has 1 N–H and O–H groups in total. The van der Waals surface area contributed by atoms with E-state index in [9.17, 15) is 14.7 Å². The normalized spacial score (nSPS) is 17.1. The number of methoxy groups -OCH3 is 1. The van der Waals surface area contributed by atoms with E-state index in [1.807, 2.05) is 32.9 Å². The molecule has 180 valence electrons. The van der Waals surface area contributed by atoms with Gasteiger partial charge in [-0.25, -0.2) is 0 Å². The van der Waals surface area contributed by atoms with Gasteiger partial charge in [-0.2, -0.15) is 0 Å². The number of aryl methyl sites for hydroxylation is 1. The van der Waals surface area contributed by atoms with Crippen molar-refractivity contribution in [3.63, 3.8) is 0 Å². The average molecular weight is 492 g/mol. The lowest BCUT2D eigenvalue weighted by Gasteiger charge is -2.28. The van der Waals surface area contributed by atoms with Crippen molar-refractivity contribution in [2.75, 3.05) is 18.6 Å². The molecular formula is C28H26ClNO5. The van der Waals surface area contributed by atoms with Crippen molar-refractivity contribution in [1.82, 2.24) is 0 Å². The lowest BCUT2D eigenvalue weighted by atomic mass is 9.94. The Kier molecular flexibility index (Phi) is 6.85. The van der Waals surface area contributed by atoms with Crippen LogP contribution in [0.1, 0.15) is 35.2 Å². The fraction of sp³-hybridized carbons (Fsp3) is 0.214. The summed E-state index contributed by atoms with van der Waals surface area (Å²) in [5.41, 5.74) is 3.10. The predicted octanol–water partition coefficient (Wildman–Crippen LogP) is 5.99. The van der Waals surface area contributed by atoms with Crippen molar-refractivity contribution in [3.05, 3.63) is 93.5 Å². The highest BCUT2D eigenvalue weighted by molar-refractivity contribution is 6.52. The standard InChI is InChI=1S/C28H26ClNO5/c1-5-35-18-13-14-21(29)20(15-18)26(31)24-25(19-10-6-7-12-23(19)34-4)30(28(33)27(24)32)22-11-8-9-16(2)17(22)3/h6-15,25,31H,5H2,1-4H3/b26-24+. The summed E-state index contributed by atoms with van der Waals surface area (Å²) in [5.74, 6) is -0.963. The first-order valence-corrected chi connectivity index (χ1v) is 11.6. The zero-order valence-corrected chi connectivity index (χ0v) is 20.7. The third-order valence-electron chi connectivity index (χ3n) is 6.22. The Morgan fingerprint density at radius 1 is 1.06 bits per heavy atom. The quantitative estimate of drug-likeness (QED) is 0.260. The van der Waals surface area contributed by atoms with Crippen molar-refractivity contribution in [3.8, 4) is 11.5 Å². The molecule has 0 aliphatic carbocycles. The molecule has 0 saturated carbocycles. The van der Waals surface area contributed by atoms with Crippen molar-refractivity contribution in [2.24, 2.45) is 0 Å². The van der Waals surface area contributed by atoms with Crippen LogP contribution < -0.4 is 14.4 Å². The Labute approximate surface area is 209 Å². The number of ether oxygens (including phenoxy) is 2. The smallest absolute Gasteiger partial charge is 0.300 e. The summed E-state index contributed by atoms with van der Waals surface area (Å²) in [4.78, 5) is 28.4. The van der Waals surface area contributed by atoms with Gasteiger partial charge in [-0.05, 0) is 62.2 Å². The molecule has 6 nitrogen and oxygen atoms in total. The molecule has 7 heteroatoms. The fourth-order valence-corrected chi connectivity index (χ4v) is 4.56. The lowest BCUT2D eigenvalue weighted by Crippen LogP contribution is -2.30. The molecule has 1 amide bonds. The number of Topliss-reactive ketones (excluding diaryl/α,β-unsaturated/α-hetero) is 1. The first-order chi connectivity index (χ1) is 16.8. The van der Waals surface area contributed by atoms with Crippen LogP contribution in [0.4, 0.5) is 5.69 Å². The third-order valence-corrected chi connectivity index (χ3v) is 6.55. The Hall–Kier alpha value is -3.77. The molecule has 0 aromatic heterocycles. The van der Waals surface area contributed by atoms with Gasteiger partial charge >= 0.3 is 0 Å². The van der Waals surface area contributed by atoms with Crippen molar-refractivity contribution in [1.29, 1.82) is 0 Å². The summed E-state index contributed by atoms with van der Waals surface area (Å²) in [6, 6.07) is 16.6. The predicted molar refractivity (Wildman–Crippen MR) is 136 cm³/mol. The van der Waals surface area contributed by atoms with Crippen molar-refractivity contribution in [2.45, 2.75) is 26.8 Å². The molecule has 0 spiro atoms. The zero-order valence-electron chi connectivity index (χ0n) is 20.0. The maximum atomic E-state index is 13.5. The molecule has 3 aromatic carbocycles. The molecule has 1 unspecified atom stereocenters. The number of nitrogens with zero attached hydrogens (tertiary/aromatic N) is 1. The van der Waals surface area contributed by atoms with Crippen LogP contribution in [0, 0.1) is 13.8 Å². The summed E-state index contributed by atoms with van der Waals surface area (Å²) in [5, 5.41) is 11.7. The van der Waals surface area contributed by atoms with Crippen LogP contribution in [0.25, 0.3) is 5.76 Å². The summed E-state index contributed by atoms with van der Waals surface area (Å²) in [6.45, 7) is 6.09. The van der Waals surface area contributed by atoms with E-state index in [1.54, 1.807) is 48.5 Å². The number of ketones is 1. The Bertz CT molecular complexity index is 1350. The molecule has 3 aromatic rings. The number of benzene rings is 3. The summed E-state index contributed by atoms with van der Waals surface area (Å²) >= 11 is 6.42. The van der Waals surface area contributed by atoms with E-state index >= 15 is 0 Å². The summed E-state index contributed by atoms with van der Waals surface area (Å²) in [6.07, 6.45) is 0. The maximum absolute atomic E-state index is 13.5. The molecule has 4 rings (SSSR count). The number of para-hydroxylation sites is 1. The average Bonchev–Trinajstić information content (AvgIpc) is 3.12. The lowest BCUT2D eigenvalue weighted by molar-refractivity contribution is -0.132. The van der Waals surface area contributed by atoms with E-state index in [0.717, 1.165) is 11.1 Å². The van der Waals surface area contributed by atoms with Crippen molar-refractivity contribution < 1.29 is 24.2 Å². The number of hydrogen-bond donors (Lipinski definition) is 1. The number of amides is 1. The first kappa shape index (κ1) is 24.4. The van der Waals surface area contributed by atoms with E-state index in [0.29, 0.717) is 29.4 Å². The van der Waals surface area contributed by atoms with Crippen LogP contribution in [0.15, 0.2) is 66.2 Å². The number of hydrogen-bond acceptors (Lipinski definition) is 5. The van der Waals surface area contributed by atoms with Crippen LogP contribution >= 0.6 is 11.6 Å².